The van der Waals surface area contributed by atoms with Crippen LogP contribution in [0.4, 0.5) is 0 Å². The molecule has 56 heavy (non-hydrogen) atoms. The molecule has 2 N–H and O–H groups in total. The second-order valence-electron chi connectivity index (χ2n) is 12.9. The summed E-state index contributed by atoms with van der Waals surface area (Å²) in [6, 6.07) is 13.5. The van der Waals surface area contributed by atoms with Crippen LogP contribution in [0.3, 0.4) is 0 Å². The van der Waals surface area contributed by atoms with E-state index in [-0.39, 0.29) is 24.7 Å². The molecule has 3 aromatic heterocycles. The summed E-state index contributed by atoms with van der Waals surface area (Å²) in [5.41, 5.74) is 6.09. The third-order valence-electron chi connectivity index (χ3n) is 9.13. The lowest BCUT2D eigenvalue weighted by atomic mass is 10.00. The van der Waals surface area contributed by atoms with Crippen molar-refractivity contribution in [3.63, 3.8) is 0 Å². The molecule has 0 saturated carbocycles. The first-order chi connectivity index (χ1) is 26.9. The van der Waals surface area contributed by atoms with Crippen LogP contribution < -0.4 is 10.1 Å². The average Bonchev–Trinajstić information content (AvgIpc) is 3.83. The normalized spacial score (nSPS) is 13.5. The van der Waals surface area contributed by atoms with Gasteiger partial charge in [0.05, 0.1) is 22.8 Å². The number of aliphatic imine (C=N–C) groups is 1. The molecule has 0 unspecified atom stereocenters. The number of aromatic nitrogens is 4. The van der Waals surface area contributed by atoms with Gasteiger partial charge in [-0.3, -0.25) is 28.8 Å². The highest BCUT2D eigenvalue weighted by atomic mass is 35.5. The van der Waals surface area contributed by atoms with Crippen molar-refractivity contribution in [2.24, 2.45) is 4.99 Å². The van der Waals surface area contributed by atoms with E-state index in [1.54, 1.807) is 24.3 Å². The van der Waals surface area contributed by atoms with Gasteiger partial charge in [0.2, 0.25) is 11.8 Å². The number of likely N-dealkylation sites (N-methyl/N-ethyl adjacent to an activating group) is 1. The zero-order chi connectivity index (χ0) is 40.4. The summed E-state index contributed by atoms with van der Waals surface area (Å²) in [4.78, 5) is 46.3. The summed E-state index contributed by atoms with van der Waals surface area (Å²) in [5, 5.41) is 23.3. The number of benzene rings is 2. The number of thiazole rings is 1. The number of rotatable bonds is 9. The summed E-state index contributed by atoms with van der Waals surface area (Å²) in [7, 11) is 0. The van der Waals surface area contributed by atoms with E-state index in [4.69, 9.17) is 42.8 Å². The number of nitrogens with one attached hydrogen (secondary N) is 1. The van der Waals surface area contributed by atoms with Gasteiger partial charge in [-0.1, -0.05) is 35.3 Å². The first kappa shape index (κ1) is 42.5. The molecule has 2 aliphatic heterocycles. The Kier molecular flexibility index (Phi) is 15.1. The monoisotopic (exact) mass is 838 g/mol. The molecule has 0 radical (unpaired) electrons. The molecule has 1 saturated heterocycles. The van der Waals surface area contributed by atoms with Gasteiger partial charge in [-0.15, -0.1) is 32.9 Å². The molecule has 5 heterocycles. The van der Waals surface area contributed by atoms with Crippen molar-refractivity contribution in [1.82, 2.24) is 34.9 Å². The Hall–Kier alpha value is -4.67. The van der Waals surface area contributed by atoms with E-state index >= 15 is 0 Å². The maximum atomic E-state index is 11.7. The van der Waals surface area contributed by atoms with Crippen molar-refractivity contribution in [2.75, 3.05) is 45.9 Å². The molecule has 1 fully saturated rings. The topological polar surface area (TPSA) is 155 Å². The number of carbonyl (C=O) groups is 3. The molecule has 5 aromatic rings. The molecule has 2 aliphatic rings. The predicted molar refractivity (Wildman–Crippen MR) is 222 cm³/mol. The highest BCUT2D eigenvalue weighted by Crippen LogP contribution is 2.36. The van der Waals surface area contributed by atoms with Crippen LogP contribution in [0.2, 0.25) is 10.0 Å². The minimum atomic E-state index is -0.250. The Bertz CT molecular complexity index is 2180. The van der Waals surface area contributed by atoms with E-state index in [9.17, 15) is 9.59 Å². The fourth-order valence-corrected chi connectivity index (χ4v) is 8.69. The molecule has 0 atom stereocenters. The summed E-state index contributed by atoms with van der Waals surface area (Å²) >= 11 is 15.7. The summed E-state index contributed by atoms with van der Waals surface area (Å²) in [6.07, 6.45) is 0.268. The van der Waals surface area contributed by atoms with Crippen LogP contribution in [0.25, 0.3) is 15.6 Å². The molecule has 17 heteroatoms. The average molecular weight is 840 g/mol. The van der Waals surface area contributed by atoms with E-state index in [0.717, 1.165) is 81.9 Å². The largest absolute Gasteiger partial charge is 0.492 e. The number of thiophene rings is 1. The Labute approximate surface area is 344 Å². The van der Waals surface area contributed by atoms with E-state index in [1.165, 1.54) is 27.3 Å². The molecule has 7 rings (SSSR count). The molecule has 296 valence electrons. The number of piperazine rings is 1. The SMILES string of the molecule is CCNC(=O)Cc1csc(-c2ccc(OCCN3CCN(C(C)=O)CC3)cc2Cl)n1.Cc1sc2c(c1C)C(c1ccc(Cl)cc1)=NCc1nnc(C)n1-2.O=CO. The quantitative estimate of drug-likeness (QED) is 0.156. The molecule has 2 amide bonds. The van der Waals surface area contributed by atoms with Gasteiger partial charge in [-0.25, -0.2) is 4.98 Å². The van der Waals surface area contributed by atoms with Crippen LogP contribution in [0.15, 0.2) is 52.8 Å². The number of carboxylic acid groups (broad SMARTS) is 1. The minimum absolute atomic E-state index is 0.0353. The molecular weight excluding hydrogens is 796 g/mol. The van der Waals surface area contributed by atoms with Crippen LogP contribution in [0, 0.1) is 20.8 Å². The van der Waals surface area contributed by atoms with Crippen molar-refractivity contribution in [3.8, 4) is 21.3 Å². The molecule has 0 bridgehead atoms. The van der Waals surface area contributed by atoms with Gasteiger partial charge >= 0.3 is 0 Å². The highest BCUT2D eigenvalue weighted by Gasteiger charge is 2.26. The van der Waals surface area contributed by atoms with Crippen LogP contribution in [0.5, 0.6) is 5.75 Å². The number of halogens is 2. The van der Waals surface area contributed by atoms with Crippen LogP contribution >= 0.6 is 45.9 Å². The Morgan fingerprint density at radius 2 is 1.75 bits per heavy atom. The number of aryl methyl sites for hydroxylation is 2. The predicted octanol–water partition coefficient (Wildman–Crippen LogP) is 6.64. The smallest absolute Gasteiger partial charge is 0.290 e. The van der Waals surface area contributed by atoms with E-state index in [0.29, 0.717) is 30.5 Å². The number of fused-ring (bicyclic) bond motifs is 3. The van der Waals surface area contributed by atoms with Crippen molar-refractivity contribution in [3.05, 3.63) is 96.8 Å². The van der Waals surface area contributed by atoms with Gasteiger partial charge in [-0.2, -0.15) is 0 Å². The Balaban J connectivity index is 0.000000206. The fraction of sp³-hybridized carbons (Fsp3) is 0.359. The molecule has 13 nitrogen and oxygen atoms in total. The van der Waals surface area contributed by atoms with Gasteiger partial charge in [0.15, 0.2) is 5.82 Å². The number of hydrogen-bond acceptors (Lipinski definition) is 11. The molecule has 0 aliphatic carbocycles. The van der Waals surface area contributed by atoms with Crippen molar-refractivity contribution in [1.29, 1.82) is 0 Å². The molecular formula is C39H44Cl2N8O5S2. The highest BCUT2D eigenvalue weighted by molar-refractivity contribution is 7.15. The fourth-order valence-electron chi connectivity index (χ4n) is 6.16. The van der Waals surface area contributed by atoms with E-state index in [1.807, 2.05) is 60.5 Å². The Morgan fingerprint density at radius 3 is 2.41 bits per heavy atom. The molecule has 0 spiro atoms. The summed E-state index contributed by atoms with van der Waals surface area (Å²) in [6.45, 7) is 15.3. The number of ether oxygens (including phenoxy) is 1. The summed E-state index contributed by atoms with van der Waals surface area (Å²) in [5.74, 6) is 2.60. The lowest BCUT2D eigenvalue weighted by molar-refractivity contribution is -0.130. The number of nitrogens with zero attached hydrogens (tertiary/aromatic N) is 7. The van der Waals surface area contributed by atoms with Crippen molar-refractivity contribution >= 4 is 69.9 Å². The van der Waals surface area contributed by atoms with Gasteiger partial charge in [0, 0.05) is 78.2 Å². The second kappa shape index (κ2) is 20.0. The van der Waals surface area contributed by atoms with Crippen molar-refractivity contribution < 1.29 is 24.2 Å². The van der Waals surface area contributed by atoms with Crippen LogP contribution in [-0.4, -0.2) is 105 Å². The van der Waals surface area contributed by atoms with E-state index in [2.05, 4.69) is 43.8 Å². The van der Waals surface area contributed by atoms with Gasteiger partial charge in [0.1, 0.15) is 34.7 Å². The number of amides is 2. The maximum absolute atomic E-state index is 11.7. The zero-order valence-corrected chi connectivity index (χ0v) is 35.0. The summed E-state index contributed by atoms with van der Waals surface area (Å²) < 4.78 is 7.99. The van der Waals surface area contributed by atoms with Crippen molar-refractivity contribution in [2.45, 2.75) is 47.6 Å². The second-order valence-corrected chi connectivity index (χ2v) is 15.8. The third-order valence-corrected chi connectivity index (χ3v) is 11.8. The van der Waals surface area contributed by atoms with Gasteiger partial charge in [-0.05, 0) is 63.6 Å². The minimum Gasteiger partial charge on any atom is -0.492 e. The van der Waals surface area contributed by atoms with Gasteiger partial charge in [0.25, 0.3) is 6.47 Å². The lowest BCUT2D eigenvalue weighted by Gasteiger charge is -2.34. The first-order valence-corrected chi connectivity index (χ1v) is 20.4. The van der Waals surface area contributed by atoms with Crippen LogP contribution in [-0.2, 0) is 27.3 Å². The van der Waals surface area contributed by atoms with Gasteiger partial charge < -0.3 is 20.1 Å². The first-order valence-electron chi connectivity index (χ1n) is 18.0. The number of carbonyl (C=O) groups excluding carboxylic acids is 2. The third kappa shape index (κ3) is 10.6. The lowest BCUT2D eigenvalue weighted by Crippen LogP contribution is -2.48. The zero-order valence-electron chi connectivity index (χ0n) is 31.8. The standard InChI is InChI=1S/C21H27ClN4O3S.C17H15ClN4S.CH2O2/c1-3-23-20(28)12-16-14-30-21(24-16)18-5-4-17(13-19(18)22)29-11-10-25-6-8-26(9-7-25)15(2)27;1-9-10(2)23-17-15(9)16(12-4-6-13(18)7-5-12)19-8-14-21-20-11(3)22(14)17;2-1-3/h4-5,13-14H,3,6-12H2,1-2H3,(H,23,28);4-7H,8H2,1-3H3;1H,(H,2,3). The maximum Gasteiger partial charge on any atom is 0.290 e. The van der Waals surface area contributed by atoms with E-state index < -0.39 is 0 Å². The van der Waals surface area contributed by atoms with Crippen LogP contribution in [0.1, 0.15) is 52.8 Å². The number of hydrogen-bond donors (Lipinski definition) is 2. The Morgan fingerprint density at radius 1 is 1.04 bits per heavy atom. The molecule has 2 aromatic carbocycles.